The van der Waals surface area contributed by atoms with Gasteiger partial charge in [0.05, 0.1) is 14.2 Å². The highest BCUT2D eigenvalue weighted by Crippen LogP contribution is 2.35. The lowest BCUT2D eigenvalue weighted by Gasteiger charge is -2.36. The maximum absolute atomic E-state index is 13.3. The van der Waals surface area contributed by atoms with Crippen LogP contribution < -0.4 is 14.8 Å². The Kier molecular flexibility index (Phi) is 5.49. The molecule has 0 unspecified atom stereocenters. The quantitative estimate of drug-likeness (QED) is 0.763. The number of nitrogens with one attached hydrogen (secondary N) is 1. The highest BCUT2D eigenvalue weighted by atomic mass is 32.2. The number of benzene rings is 2. The van der Waals surface area contributed by atoms with Gasteiger partial charge in [-0.2, -0.15) is 4.31 Å². The van der Waals surface area contributed by atoms with Crippen molar-refractivity contribution in [3.05, 3.63) is 53.6 Å². The van der Waals surface area contributed by atoms with Gasteiger partial charge in [-0.1, -0.05) is 23.8 Å². The maximum Gasteiger partial charge on any atom is 0.272 e. The number of rotatable bonds is 5. The number of ether oxygens (including phenoxy) is 2. The first kappa shape index (κ1) is 21.3. The number of aliphatic imine (C=N–C) groups is 1. The van der Waals surface area contributed by atoms with Gasteiger partial charge in [0.15, 0.2) is 0 Å². The van der Waals surface area contributed by atoms with E-state index in [-0.39, 0.29) is 29.6 Å². The first-order valence-electron chi connectivity index (χ1n) is 10.00. The van der Waals surface area contributed by atoms with E-state index >= 15 is 0 Å². The van der Waals surface area contributed by atoms with Gasteiger partial charge >= 0.3 is 0 Å². The number of piperidine rings is 1. The number of methoxy groups -OCH3 is 2. The lowest BCUT2D eigenvalue weighted by atomic mass is 10.00. The molecule has 164 valence electrons. The maximum atomic E-state index is 13.3. The highest BCUT2D eigenvalue weighted by molar-refractivity contribution is 7.89. The second-order valence-corrected chi connectivity index (χ2v) is 9.64. The molecule has 2 heterocycles. The molecule has 1 spiro atoms. The van der Waals surface area contributed by atoms with Crippen LogP contribution in [0.4, 0.5) is 0 Å². The standard InChI is InChI=1S/C22H25N3O5S/c1-15-5-4-6-16(13-15)20-21(26)24-22(23-20)9-11-25(12-10-22)31(27,28)19-14-17(29-2)7-8-18(19)30-3/h4-8,13-14H,9-12H2,1-3H3,(H,24,26). The van der Waals surface area contributed by atoms with Crippen molar-refractivity contribution in [2.45, 2.75) is 30.3 Å². The average molecular weight is 444 g/mol. The van der Waals surface area contributed by atoms with E-state index in [1.54, 1.807) is 12.1 Å². The first-order chi connectivity index (χ1) is 14.8. The minimum atomic E-state index is -3.80. The van der Waals surface area contributed by atoms with Crippen LogP contribution in [-0.2, 0) is 14.8 Å². The molecule has 2 aromatic rings. The van der Waals surface area contributed by atoms with E-state index in [2.05, 4.69) is 5.32 Å². The van der Waals surface area contributed by atoms with Crippen LogP contribution >= 0.6 is 0 Å². The Balaban J connectivity index is 1.57. The van der Waals surface area contributed by atoms with Gasteiger partial charge in [0, 0.05) is 37.6 Å². The molecule has 8 nitrogen and oxygen atoms in total. The number of sulfonamides is 1. The second-order valence-electron chi connectivity index (χ2n) is 7.74. The Bertz CT molecular complexity index is 1150. The molecule has 2 aliphatic rings. The summed E-state index contributed by atoms with van der Waals surface area (Å²) in [5, 5.41) is 2.98. The zero-order valence-corrected chi connectivity index (χ0v) is 18.5. The van der Waals surface area contributed by atoms with Gasteiger partial charge < -0.3 is 14.8 Å². The summed E-state index contributed by atoms with van der Waals surface area (Å²) in [6, 6.07) is 12.3. The van der Waals surface area contributed by atoms with E-state index in [1.165, 1.54) is 24.6 Å². The van der Waals surface area contributed by atoms with Gasteiger partial charge in [0.2, 0.25) is 10.0 Å². The van der Waals surface area contributed by atoms with Gasteiger partial charge in [-0.3, -0.25) is 9.79 Å². The van der Waals surface area contributed by atoms with Crippen LogP contribution in [0.2, 0.25) is 0 Å². The minimum Gasteiger partial charge on any atom is -0.497 e. The largest absolute Gasteiger partial charge is 0.497 e. The van der Waals surface area contributed by atoms with E-state index in [0.717, 1.165) is 11.1 Å². The third-order valence-corrected chi connectivity index (χ3v) is 7.64. The fourth-order valence-electron chi connectivity index (χ4n) is 4.01. The van der Waals surface area contributed by atoms with E-state index in [9.17, 15) is 13.2 Å². The molecule has 0 bridgehead atoms. The molecule has 1 N–H and O–H groups in total. The summed E-state index contributed by atoms with van der Waals surface area (Å²) >= 11 is 0. The molecule has 0 aliphatic carbocycles. The number of hydrogen-bond acceptors (Lipinski definition) is 6. The Hall–Kier alpha value is -2.91. The van der Waals surface area contributed by atoms with Crippen molar-refractivity contribution >= 4 is 21.6 Å². The topological polar surface area (TPSA) is 97.3 Å². The molecule has 9 heteroatoms. The lowest BCUT2D eigenvalue weighted by molar-refractivity contribution is -0.115. The van der Waals surface area contributed by atoms with Crippen molar-refractivity contribution in [3.8, 4) is 11.5 Å². The number of carbonyl (C=O) groups excluding carboxylic acids is 1. The molecule has 1 amide bonds. The summed E-state index contributed by atoms with van der Waals surface area (Å²) in [5.74, 6) is 0.467. The van der Waals surface area contributed by atoms with E-state index < -0.39 is 15.7 Å². The molecule has 0 atom stereocenters. The SMILES string of the molecule is COc1ccc(OC)c(S(=O)(=O)N2CCC3(CC2)N=C(c2cccc(C)c2)C(=O)N3)c1. The van der Waals surface area contributed by atoms with Crippen molar-refractivity contribution in [2.24, 2.45) is 4.99 Å². The zero-order valence-electron chi connectivity index (χ0n) is 17.7. The summed E-state index contributed by atoms with van der Waals surface area (Å²) in [6.45, 7) is 2.42. The minimum absolute atomic E-state index is 0.0599. The molecule has 1 saturated heterocycles. The molecule has 0 radical (unpaired) electrons. The Morgan fingerprint density at radius 3 is 2.45 bits per heavy atom. The molecule has 4 rings (SSSR count). The van der Waals surface area contributed by atoms with Gasteiger partial charge in [-0.15, -0.1) is 0 Å². The normalized spacial score (nSPS) is 18.5. The lowest BCUT2D eigenvalue weighted by Crippen LogP contribution is -2.52. The van der Waals surface area contributed by atoms with Crippen LogP contribution in [0.25, 0.3) is 0 Å². The van der Waals surface area contributed by atoms with E-state index in [1.807, 2.05) is 31.2 Å². The van der Waals surface area contributed by atoms with Crippen LogP contribution in [0.5, 0.6) is 11.5 Å². The average Bonchev–Trinajstić information content (AvgIpc) is 3.09. The number of carbonyl (C=O) groups is 1. The van der Waals surface area contributed by atoms with Gasteiger partial charge in [0.25, 0.3) is 5.91 Å². The van der Waals surface area contributed by atoms with Crippen LogP contribution in [-0.4, -0.2) is 57.3 Å². The Labute approximate surface area is 181 Å². The monoisotopic (exact) mass is 443 g/mol. The van der Waals surface area contributed by atoms with Crippen molar-refractivity contribution in [1.82, 2.24) is 9.62 Å². The smallest absolute Gasteiger partial charge is 0.272 e. The Morgan fingerprint density at radius 2 is 1.81 bits per heavy atom. The third kappa shape index (κ3) is 3.90. The molecule has 0 saturated carbocycles. The van der Waals surface area contributed by atoms with Crippen molar-refractivity contribution in [2.75, 3.05) is 27.3 Å². The van der Waals surface area contributed by atoms with Gasteiger partial charge in [-0.05, 0) is 25.1 Å². The molecule has 2 aliphatic heterocycles. The van der Waals surface area contributed by atoms with Gasteiger partial charge in [0.1, 0.15) is 27.8 Å². The predicted molar refractivity (Wildman–Crippen MR) is 116 cm³/mol. The summed E-state index contributed by atoms with van der Waals surface area (Å²) in [4.78, 5) is 17.4. The fraction of sp³-hybridized carbons (Fsp3) is 0.364. The number of aryl methyl sites for hydroxylation is 1. The molecule has 1 fully saturated rings. The Morgan fingerprint density at radius 1 is 1.06 bits per heavy atom. The molecule has 0 aromatic heterocycles. The molecule has 31 heavy (non-hydrogen) atoms. The molecular weight excluding hydrogens is 418 g/mol. The summed E-state index contributed by atoms with van der Waals surface area (Å²) in [6.07, 6.45) is 0.777. The third-order valence-electron chi connectivity index (χ3n) is 5.72. The summed E-state index contributed by atoms with van der Waals surface area (Å²) < 4.78 is 38.4. The van der Waals surface area contributed by atoms with Gasteiger partial charge in [-0.25, -0.2) is 8.42 Å². The van der Waals surface area contributed by atoms with E-state index in [0.29, 0.717) is 24.3 Å². The highest BCUT2D eigenvalue weighted by Gasteiger charge is 2.44. The second kappa shape index (κ2) is 7.97. The number of hydrogen-bond donors (Lipinski definition) is 1. The predicted octanol–water partition coefficient (Wildman–Crippen LogP) is 2.11. The van der Waals surface area contributed by atoms with Crippen LogP contribution in [0, 0.1) is 6.92 Å². The van der Waals surface area contributed by atoms with E-state index in [4.69, 9.17) is 14.5 Å². The van der Waals surface area contributed by atoms with Crippen LogP contribution in [0.3, 0.4) is 0 Å². The molecular formula is C22H25N3O5S. The van der Waals surface area contributed by atoms with Crippen LogP contribution in [0.15, 0.2) is 52.4 Å². The molecule has 2 aromatic carbocycles. The fourth-order valence-corrected chi connectivity index (χ4v) is 5.62. The van der Waals surface area contributed by atoms with Crippen molar-refractivity contribution in [1.29, 1.82) is 0 Å². The zero-order chi connectivity index (χ0) is 22.2. The van der Waals surface area contributed by atoms with Crippen LogP contribution in [0.1, 0.15) is 24.0 Å². The van der Waals surface area contributed by atoms with Crippen molar-refractivity contribution < 1.29 is 22.7 Å². The first-order valence-corrected chi connectivity index (χ1v) is 11.4. The summed E-state index contributed by atoms with van der Waals surface area (Å²) in [7, 11) is -0.888. The number of nitrogens with zero attached hydrogens (tertiary/aromatic N) is 2. The summed E-state index contributed by atoms with van der Waals surface area (Å²) in [5.41, 5.74) is 1.43. The van der Waals surface area contributed by atoms with Crippen molar-refractivity contribution in [3.63, 3.8) is 0 Å². The number of amides is 1.